The Morgan fingerprint density at radius 3 is 2.00 bits per heavy atom. The summed E-state index contributed by atoms with van der Waals surface area (Å²) in [5, 5.41) is 0. The van der Waals surface area contributed by atoms with Crippen molar-refractivity contribution in [3.8, 4) is 0 Å². The van der Waals surface area contributed by atoms with Crippen molar-refractivity contribution in [2.75, 3.05) is 0 Å². The molecule has 2 fully saturated rings. The van der Waals surface area contributed by atoms with Crippen LogP contribution in [0, 0.1) is 25.2 Å². The maximum Gasteiger partial charge on any atom is 1.00 e. The summed E-state index contributed by atoms with van der Waals surface area (Å²) < 4.78 is 0. The molecule has 2 aliphatic rings. The number of allylic oxidation sites excluding steroid dienone is 2. The van der Waals surface area contributed by atoms with E-state index in [1.165, 1.54) is 56.9 Å². The van der Waals surface area contributed by atoms with Crippen molar-refractivity contribution in [3.05, 3.63) is 54.0 Å². The fraction of sp³-hybridized carbons (Fsp3) is 0.571. The molecule has 0 saturated heterocycles. The van der Waals surface area contributed by atoms with E-state index in [1.54, 1.807) is 5.56 Å². The van der Waals surface area contributed by atoms with Crippen LogP contribution in [0.5, 0.6) is 0 Å². The number of aryl methyl sites for hydroxylation is 1. The van der Waals surface area contributed by atoms with E-state index in [2.05, 4.69) is 49.8 Å². The van der Waals surface area contributed by atoms with Crippen LogP contribution in [0.3, 0.4) is 0 Å². The van der Waals surface area contributed by atoms with Crippen LogP contribution in [0.2, 0.25) is 0 Å². The summed E-state index contributed by atoms with van der Waals surface area (Å²) in [7, 11) is 0. The van der Waals surface area contributed by atoms with Gasteiger partial charge in [0.15, 0.2) is 0 Å². The van der Waals surface area contributed by atoms with Crippen LogP contribution in [0.25, 0.3) is 0 Å². The van der Waals surface area contributed by atoms with Crippen molar-refractivity contribution in [1.29, 1.82) is 0 Å². The SMILES string of the molecule is Cc1ccc(C2CCC(/C=C/C3CC[CH-]CC3)CC2)cc1.[HH].[HH].[Rb+]. The van der Waals surface area contributed by atoms with Gasteiger partial charge in [-0.05, 0) is 55.9 Å². The zero-order valence-corrected chi connectivity index (χ0v) is 19.3. The van der Waals surface area contributed by atoms with E-state index < -0.39 is 0 Å². The average Bonchev–Trinajstić information content (AvgIpc) is 2.55. The summed E-state index contributed by atoms with van der Waals surface area (Å²) in [6.45, 7) is 2.18. The first kappa shape index (κ1) is 19.1. The van der Waals surface area contributed by atoms with E-state index in [0.29, 0.717) is 0 Å². The molecule has 3 rings (SSSR count). The third kappa shape index (κ3) is 5.69. The molecular formula is C21H33Rb. The standard InChI is InChI=1S/C21H29.Rb.2H2/c1-17-7-13-20(14-8-17)21-15-11-19(12-16-21)10-9-18-5-3-2-4-6-18;;;/h2,7-10,13-14,18-19,21H,3-6,11-12,15-16H2,1H3;;2*1H/q-1;+1;;/b10-9+;;;. The molecule has 0 nitrogen and oxygen atoms in total. The zero-order chi connectivity index (χ0) is 14.5. The summed E-state index contributed by atoms with van der Waals surface area (Å²) in [6, 6.07) is 9.21. The Bertz CT molecular complexity index is 455. The van der Waals surface area contributed by atoms with E-state index in [0.717, 1.165) is 17.8 Å². The van der Waals surface area contributed by atoms with Crippen molar-refractivity contribution >= 4 is 0 Å². The van der Waals surface area contributed by atoms with Crippen LogP contribution in [-0.2, 0) is 0 Å². The predicted octanol–water partition coefficient (Wildman–Crippen LogP) is 3.72. The first-order chi connectivity index (χ1) is 10.3. The average molecular weight is 371 g/mol. The summed E-state index contributed by atoms with van der Waals surface area (Å²) in [6.07, 6.45) is 18.5. The second-order valence-electron chi connectivity index (χ2n) is 7.11. The second kappa shape index (κ2) is 9.92. The van der Waals surface area contributed by atoms with Crippen molar-refractivity contribution in [2.45, 2.75) is 64.2 Å². The quantitative estimate of drug-likeness (QED) is 0.562. The summed E-state index contributed by atoms with van der Waals surface area (Å²) >= 11 is 0. The second-order valence-corrected chi connectivity index (χ2v) is 7.11. The molecule has 0 heterocycles. The summed E-state index contributed by atoms with van der Waals surface area (Å²) in [5.74, 6) is 2.52. The first-order valence-electron chi connectivity index (χ1n) is 8.88. The van der Waals surface area contributed by atoms with Crippen LogP contribution in [0.15, 0.2) is 36.4 Å². The molecule has 0 N–H and O–H groups in total. The fourth-order valence-electron chi connectivity index (χ4n) is 3.94. The summed E-state index contributed by atoms with van der Waals surface area (Å²) in [5.41, 5.74) is 2.94. The topological polar surface area (TPSA) is 0 Å². The van der Waals surface area contributed by atoms with Gasteiger partial charge >= 0.3 is 58.2 Å². The molecule has 0 amide bonds. The molecule has 0 spiro atoms. The fourth-order valence-corrected chi connectivity index (χ4v) is 3.94. The van der Waals surface area contributed by atoms with Gasteiger partial charge in [0, 0.05) is 2.85 Å². The third-order valence-corrected chi connectivity index (χ3v) is 5.46. The van der Waals surface area contributed by atoms with E-state index in [4.69, 9.17) is 0 Å². The number of benzene rings is 1. The Kier molecular flexibility index (Phi) is 8.61. The first-order valence-corrected chi connectivity index (χ1v) is 8.88. The van der Waals surface area contributed by atoms with Gasteiger partial charge in [-0.2, -0.15) is 12.8 Å². The minimum atomic E-state index is 0. The van der Waals surface area contributed by atoms with Gasteiger partial charge in [-0.15, -0.1) is 0 Å². The smallest absolute Gasteiger partial charge is 0.328 e. The van der Waals surface area contributed by atoms with Gasteiger partial charge in [0.05, 0.1) is 0 Å². The van der Waals surface area contributed by atoms with E-state index in [1.807, 2.05) is 0 Å². The molecule has 0 atom stereocenters. The van der Waals surface area contributed by atoms with Crippen LogP contribution in [0.4, 0.5) is 0 Å². The van der Waals surface area contributed by atoms with Crippen molar-refractivity contribution in [3.63, 3.8) is 0 Å². The van der Waals surface area contributed by atoms with Gasteiger partial charge in [-0.25, -0.2) is 0 Å². The molecule has 1 aromatic rings. The molecule has 118 valence electrons. The third-order valence-electron chi connectivity index (χ3n) is 5.46. The van der Waals surface area contributed by atoms with Crippen molar-refractivity contribution in [2.24, 2.45) is 11.8 Å². The molecule has 0 aliphatic heterocycles. The number of rotatable bonds is 3. The van der Waals surface area contributed by atoms with Crippen LogP contribution in [0.1, 0.15) is 71.3 Å². The van der Waals surface area contributed by atoms with E-state index in [9.17, 15) is 0 Å². The van der Waals surface area contributed by atoms with Gasteiger partial charge < -0.3 is 6.42 Å². The Morgan fingerprint density at radius 2 is 1.41 bits per heavy atom. The molecule has 0 bridgehead atoms. The molecule has 2 saturated carbocycles. The number of hydrogen-bond donors (Lipinski definition) is 0. The Balaban J connectivity index is 0.00000176. The number of hydrogen-bond acceptors (Lipinski definition) is 0. The van der Waals surface area contributed by atoms with E-state index >= 15 is 0 Å². The molecular weight excluding hydrogens is 338 g/mol. The van der Waals surface area contributed by atoms with E-state index in [-0.39, 0.29) is 61.0 Å². The predicted molar refractivity (Wildman–Crippen MR) is 95.5 cm³/mol. The molecule has 0 aromatic heterocycles. The molecule has 22 heavy (non-hydrogen) atoms. The van der Waals surface area contributed by atoms with Crippen LogP contribution in [-0.4, -0.2) is 0 Å². The van der Waals surface area contributed by atoms with Crippen molar-refractivity contribution in [1.82, 2.24) is 0 Å². The minimum absolute atomic E-state index is 0. The van der Waals surface area contributed by atoms with Gasteiger partial charge in [0.25, 0.3) is 0 Å². The van der Waals surface area contributed by atoms with Crippen LogP contribution >= 0.6 is 0 Å². The van der Waals surface area contributed by atoms with Gasteiger partial charge in [-0.3, -0.25) is 0 Å². The largest absolute Gasteiger partial charge is 1.00 e. The Labute approximate surface area is 188 Å². The molecule has 1 aromatic carbocycles. The normalized spacial score (nSPS) is 26.8. The Hall–Kier alpha value is 0.765. The molecule has 2 aliphatic carbocycles. The Morgan fingerprint density at radius 1 is 0.864 bits per heavy atom. The maximum atomic E-state index is 2.56. The molecule has 1 heteroatoms. The van der Waals surface area contributed by atoms with Gasteiger partial charge in [-0.1, -0.05) is 54.8 Å². The van der Waals surface area contributed by atoms with Gasteiger partial charge in [0.1, 0.15) is 0 Å². The van der Waals surface area contributed by atoms with Crippen LogP contribution < -0.4 is 58.2 Å². The maximum absolute atomic E-state index is 2.56. The molecule has 0 unspecified atom stereocenters. The summed E-state index contributed by atoms with van der Waals surface area (Å²) in [4.78, 5) is 0. The molecule has 0 radical (unpaired) electrons. The minimum Gasteiger partial charge on any atom is -0.328 e. The van der Waals surface area contributed by atoms with Gasteiger partial charge in [0.2, 0.25) is 0 Å². The zero-order valence-electron chi connectivity index (χ0n) is 14.4. The van der Waals surface area contributed by atoms with Crippen molar-refractivity contribution < 1.29 is 61.0 Å². The monoisotopic (exact) mass is 370 g/mol.